The number of rotatable bonds is 3. The van der Waals surface area contributed by atoms with Gasteiger partial charge < -0.3 is 19.5 Å². The lowest BCUT2D eigenvalue weighted by Gasteiger charge is -2.27. The Morgan fingerprint density at radius 2 is 1.92 bits per heavy atom. The lowest BCUT2D eigenvalue weighted by Crippen LogP contribution is -2.46. The molecule has 0 bridgehead atoms. The lowest BCUT2D eigenvalue weighted by molar-refractivity contribution is -0.117. The van der Waals surface area contributed by atoms with Gasteiger partial charge in [-0.1, -0.05) is 18.2 Å². The summed E-state index contributed by atoms with van der Waals surface area (Å²) < 4.78 is 5.46. The van der Waals surface area contributed by atoms with Gasteiger partial charge in [0.15, 0.2) is 5.76 Å². The van der Waals surface area contributed by atoms with Gasteiger partial charge >= 0.3 is 0 Å². The molecule has 7 heteroatoms. The van der Waals surface area contributed by atoms with Gasteiger partial charge in [-0.15, -0.1) is 12.4 Å². The molecule has 0 aliphatic carbocycles. The number of hydrogen-bond acceptors (Lipinski definition) is 4. The average molecular weight is 362 g/mol. The minimum absolute atomic E-state index is 0. The predicted molar refractivity (Wildman–Crippen MR) is 96.1 cm³/mol. The molecule has 25 heavy (non-hydrogen) atoms. The van der Waals surface area contributed by atoms with E-state index in [1.54, 1.807) is 15.9 Å². The van der Waals surface area contributed by atoms with Crippen molar-refractivity contribution in [2.24, 2.45) is 0 Å². The largest absolute Gasteiger partial charge is 0.459 e. The van der Waals surface area contributed by atoms with Gasteiger partial charge in [0.05, 0.1) is 19.2 Å². The molecule has 4 rings (SSSR count). The second-order valence-corrected chi connectivity index (χ2v) is 6.10. The molecule has 6 nitrogen and oxygen atoms in total. The fourth-order valence-corrected chi connectivity index (χ4v) is 3.32. The minimum atomic E-state index is -0.101. The Balaban J connectivity index is 0.00000182. The Labute approximate surface area is 152 Å². The number of piperazine rings is 1. The summed E-state index contributed by atoms with van der Waals surface area (Å²) in [5, 5.41) is 3.23. The quantitative estimate of drug-likeness (QED) is 0.906. The van der Waals surface area contributed by atoms with Gasteiger partial charge in [-0.3, -0.25) is 9.59 Å². The molecular weight excluding hydrogens is 342 g/mol. The zero-order valence-corrected chi connectivity index (χ0v) is 14.6. The minimum Gasteiger partial charge on any atom is -0.459 e. The predicted octanol–water partition coefficient (Wildman–Crippen LogP) is 1.84. The Kier molecular flexibility index (Phi) is 5.11. The number of carbonyl (C=O) groups is 2. The fourth-order valence-electron chi connectivity index (χ4n) is 3.32. The molecule has 1 saturated heterocycles. The molecule has 1 aromatic heterocycles. The zero-order valence-electron chi connectivity index (χ0n) is 13.7. The van der Waals surface area contributed by atoms with Crippen molar-refractivity contribution in [3.05, 3.63) is 53.5 Å². The number of hydrogen-bond donors (Lipinski definition) is 1. The number of carbonyl (C=O) groups excluding carboxylic acids is 2. The van der Waals surface area contributed by atoms with E-state index >= 15 is 0 Å². The summed E-state index contributed by atoms with van der Waals surface area (Å²) in [5.41, 5.74) is 2.70. The molecule has 1 aromatic carbocycles. The summed E-state index contributed by atoms with van der Waals surface area (Å²) in [7, 11) is 0. The van der Waals surface area contributed by atoms with Gasteiger partial charge in [-0.25, -0.2) is 0 Å². The molecule has 3 heterocycles. The van der Waals surface area contributed by atoms with E-state index in [0.717, 1.165) is 29.9 Å². The van der Waals surface area contributed by atoms with Crippen LogP contribution in [0.15, 0.2) is 41.0 Å². The van der Waals surface area contributed by atoms with E-state index in [-0.39, 0.29) is 24.2 Å². The van der Waals surface area contributed by atoms with Crippen molar-refractivity contribution in [1.29, 1.82) is 0 Å². The van der Waals surface area contributed by atoms with E-state index in [0.29, 0.717) is 31.8 Å². The topological polar surface area (TPSA) is 65.8 Å². The van der Waals surface area contributed by atoms with Gasteiger partial charge in [0.2, 0.25) is 5.91 Å². The summed E-state index contributed by atoms with van der Waals surface area (Å²) in [6.45, 7) is 3.29. The second-order valence-electron chi connectivity index (χ2n) is 6.10. The molecule has 2 aliphatic heterocycles. The van der Waals surface area contributed by atoms with Crippen molar-refractivity contribution in [1.82, 2.24) is 10.2 Å². The summed E-state index contributed by atoms with van der Waals surface area (Å²) in [4.78, 5) is 28.5. The highest BCUT2D eigenvalue weighted by Crippen LogP contribution is 2.30. The van der Waals surface area contributed by atoms with Gasteiger partial charge in [0, 0.05) is 37.4 Å². The van der Waals surface area contributed by atoms with Crippen molar-refractivity contribution in [2.45, 2.75) is 13.0 Å². The molecule has 1 fully saturated rings. The molecule has 0 unspecified atom stereocenters. The number of nitrogens with one attached hydrogen (secondary N) is 1. The first-order chi connectivity index (χ1) is 11.7. The number of halogens is 1. The van der Waals surface area contributed by atoms with Crippen LogP contribution in [0.5, 0.6) is 0 Å². The lowest BCUT2D eigenvalue weighted by atomic mass is 10.1. The summed E-state index contributed by atoms with van der Waals surface area (Å²) in [6.07, 6.45) is 1.94. The Morgan fingerprint density at radius 1 is 1.16 bits per heavy atom. The van der Waals surface area contributed by atoms with E-state index in [4.69, 9.17) is 4.42 Å². The van der Waals surface area contributed by atoms with Crippen LogP contribution in [0.2, 0.25) is 0 Å². The smallest absolute Gasteiger partial charge is 0.289 e. The molecule has 0 spiro atoms. The monoisotopic (exact) mass is 361 g/mol. The molecule has 0 radical (unpaired) electrons. The molecule has 2 amide bonds. The van der Waals surface area contributed by atoms with E-state index in [1.807, 2.05) is 24.3 Å². The maximum absolute atomic E-state index is 12.7. The number of benzene rings is 1. The third kappa shape index (κ3) is 3.27. The van der Waals surface area contributed by atoms with E-state index in [2.05, 4.69) is 5.32 Å². The third-order valence-electron chi connectivity index (χ3n) is 4.60. The second kappa shape index (κ2) is 7.29. The first-order valence-corrected chi connectivity index (χ1v) is 8.18. The summed E-state index contributed by atoms with van der Waals surface area (Å²) in [5.74, 6) is 0.295. The number of amides is 2. The van der Waals surface area contributed by atoms with E-state index in [9.17, 15) is 9.59 Å². The molecule has 2 aliphatic rings. The van der Waals surface area contributed by atoms with Crippen LogP contribution in [0, 0.1) is 0 Å². The highest BCUT2D eigenvalue weighted by molar-refractivity contribution is 6.01. The number of fused-ring (bicyclic) bond motifs is 1. The first-order valence-electron chi connectivity index (χ1n) is 8.18. The zero-order chi connectivity index (χ0) is 16.5. The van der Waals surface area contributed by atoms with Gasteiger partial charge in [-0.05, 0) is 17.7 Å². The Hall–Kier alpha value is -2.31. The van der Waals surface area contributed by atoms with E-state index in [1.165, 1.54) is 6.26 Å². The molecule has 2 aromatic rings. The van der Waals surface area contributed by atoms with Crippen molar-refractivity contribution >= 4 is 29.9 Å². The van der Waals surface area contributed by atoms with Gasteiger partial charge in [-0.2, -0.15) is 0 Å². The summed E-state index contributed by atoms with van der Waals surface area (Å²) in [6, 6.07) is 9.55. The van der Waals surface area contributed by atoms with Crippen molar-refractivity contribution in [3.63, 3.8) is 0 Å². The summed E-state index contributed by atoms with van der Waals surface area (Å²) >= 11 is 0. The van der Waals surface area contributed by atoms with Crippen molar-refractivity contribution < 1.29 is 14.0 Å². The number of anilines is 1. The fraction of sp³-hybridized carbons (Fsp3) is 0.333. The molecule has 0 atom stereocenters. The van der Waals surface area contributed by atoms with Gasteiger partial charge in [0.25, 0.3) is 5.91 Å². The van der Waals surface area contributed by atoms with Crippen molar-refractivity contribution in [2.75, 3.05) is 31.1 Å². The number of furan rings is 1. The average Bonchev–Trinajstić information content (AvgIpc) is 3.20. The normalized spacial score (nSPS) is 16.6. The van der Waals surface area contributed by atoms with Crippen LogP contribution < -0.4 is 10.2 Å². The van der Waals surface area contributed by atoms with Crippen molar-refractivity contribution in [3.8, 4) is 0 Å². The third-order valence-corrected chi connectivity index (χ3v) is 4.60. The Bertz CT molecular complexity index is 783. The maximum Gasteiger partial charge on any atom is 0.289 e. The first kappa shape index (κ1) is 17.5. The maximum atomic E-state index is 12.7. The van der Waals surface area contributed by atoms with Crippen LogP contribution >= 0.6 is 12.4 Å². The number of nitrogens with zero attached hydrogens (tertiary/aromatic N) is 2. The molecule has 132 valence electrons. The van der Waals surface area contributed by atoms with Crippen LogP contribution in [-0.2, 0) is 17.8 Å². The molecule has 0 saturated carbocycles. The molecule has 1 N–H and O–H groups in total. The van der Waals surface area contributed by atoms with Crippen LogP contribution in [0.4, 0.5) is 5.69 Å². The van der Waals surface area contributed by atoms with Crippen LogP contribution in [0.3, 0.4) is 0 Å². The van der Waals surface area contributed by atoms with Gasteiger partial charge in [0.1, 0.15) is 0 Å². The Morgan fingerprint density at radius 3 is 2.72 bits per heavy atom. The standard InChI is InChI=1S/C18H19N3O3.ClH/c22-16-11-13-3-1-2-4-15(13)21(16)12-14-5-10-24-17(14)18(23)20-8-6-19-7-9-20;/h1-5,10,19H,6-9,11-12H2;1H. The van der Waals surface area contributed by atoms with Crippen LogP contribution in [0.1, 0.15) is 21.7 Å². The van der Waals surface area contributed by atoms with E-state index < -0.39 is 0 Å². The highest BCUT2D eigenvalue weighted by Gasteiger charge is 2.30. The van der Waals surface area contributed by atoms with Crippen LogP contribution in [0.25, 0.3) is 0 Å². The number of para-hydroxylation sites is 1. The SMILES string of the molecule is Cl.O=C(c1occc1CN1C(=O)Cc2ccccc21)N1CCNCC1. The molecular formula is C18H20ClN3O3. The highest BCUT2D eigenvalue weighted by atomic mass is 35.5. The van der Waals surface area contributed by atoms with Crippen LogP contribution in [-0.4, -0.2) is 42.9 Å².